The lowest BCUT2D eigenvalue weighted by Crippen LogP contribution is -2.37. The van der Waals surface area contributed by atoms with E-state index in [2.05, 4.69) is 5.32 Å². The number of carbonyl (C=O) groups is 1. The maximum atomic E-state index is 12.5. The number of hydrogen-bond donors (Lipinski definition) is 1. The van der Waals surface area contributed by atoms with Crippen molar-refractivity contribution in [1.82, 2.24) is 0 Å². The van der Waals surface area contributed by atoms with E-state index in [4.69, 9.17) is 23.2 Å². The van der Waals surface area contributed by atoms with Gasteiger partial charge in [-0.1, -0.05) is 53.5 Å². The highest BCUT2D eigenvalue weighted by molar-refractivity contribution is 7.92. The van der Waals surface area contributed by atoms with E-state index in [1.165, 1.54) is 18.2 Å². The number of amides is 1. The number of carbonyl (C=O) groups excluding carboxylic acids is 1. The highest BCUT2D eigenvalue weighted by atomic mass is 35.5. The molecule has 8 heteroatoms. The molecule has 0 aliphatic heterocycles. The summed E-state index contributed by atoms with van der Waals surface area (Å²) >= 11 is 11.9. The molecule has 5 nitrogen and oxygen atoms in total. The SMILES string of the molecule is CS(=O)(=O)N(CC(=O)Nc1ccc2ccccc2c1)c1ccc(Cl)c(Cl)c1. The maximum absolute atomic E-state index is 12.5. The van der Waals surface area contributed by atoms with Crippen LogP contribution >= 0.6 is 23.2 Å². The Labute approximate surface area is 167 Å². The van der Waals surface area contributed by atoms with Gasteiger partial charge in [0, 0.05) is 5.69 Å². The molecule has 3 aromatic rings. The van der Waals surface area contributed by atoms with Crippen molar-refractivity contribution in [2.45, 2.75) is 0 Å². The number of benzene rings is 3. The average molecular weight is 423 g/mol. The Morgan fingerprint density at radius 3 is 2.33 bits per heavy atom. The fourth-order valence-corrected chi connectivity index (χ4v) is 3.78. The topological polar surface area (TPSA) is 66.5 Å². The molecular formula is C19H16Cl2N2O3S. The van der Waals surface area contributed by atoms with Crippen LogP contribution in [0.25, 0.3) is 10.8 Å². The fraction of sp³-hybridized carbons (Fsp3) is 0.105. The van der Waals surface area contributed by atoms with Gasteiger partial charge in [-0.05, 0) is 41.1 Å². The van der Waals surface area contributed by atoms with Crippen molar-refractivity contribution in [3.63, 3.8) is 0 Å². The first kappa shape index (κ1) is 19.5. The average Bonchev–Trinajstić information content (AvgIpc) is 2.61. The van der Waals surface area contributed by atoms with Crippen LogP contribution in [-0.4, -0.2) is 27.1 Å². The first-order valence-electron chi connectivity index (χ1n) is 7.95. The summed E-state index contributed by atoms with van der Waals surface area (Å²) in [6.07, 6.45) is 1.03. The van der Waals surface area contributed by atoms with E-state index in [-0.39, 0.29) is 17.3 Å². The predicted molar refractivity (Wildman–Crippen MR) is 111 cm³/mol. The number of fused-ring (bicyclic) bond motifs is 1. The first-order chi connectivity index (χ1) is 12.7. The summed E-state index contributed by atoms with van der Waals surface area (Å²) in [5.74, 6) is -0.471. The van der Waals surface area contributed by atoms with E-state index >= 15 is 0 Å². The van der Waals surface area contributed by atoms with Crippen molar-refractivity contribution >= 4 is 61.3 Å². The summed E-state index contributed by atoms with van der Waals surface area (Å²) in [7, 11) is -3.70. The van der Waals surface area contributed by atoms with Gasteiger partial charge in [0.25, 0.3) is 0 Å². The first-order valence-corrected chi connectivity index (χ1v) is 10.6. The second-order valence-electron chi connectivity index (χ2n) is 5.98. The molecule has 0 aliphatic carbocycles. The Kier molecular flexibility index (Phi) is 5.60. The normalized spacial score (nSPS) is 11.4. The number of sulfonamides is 1. The van der Waals surface area contributed by atoms with Gasteiger partial charge in [0.1, 0.15) is 6.54 Å². The Hall–Kier alpha value is -2.28. The van der Waals surface area contributed by atoms with Crippen molar-refractivity contribution in [1.29, 1.82) is 0 Å². The second kappa shape index (κ2) is 7.76. The zero-order chi connectivity index (χ0) is 19.6. The van der Waals surface area contributed by atoms with Gasteiger partial charge in [0.2, 0.25) is 15.9 Å². The van der Waals surface area contributed by atoms with Crippen molar-refractivity contribution in [2.24, 2.45) is 0 Å². The maximum Gasteiger partial charge on any atom is 0.245 e. The molecule has 140 valence electrons. The zero-order valence-corrected chi connectivity index (χ0v) is 16.6. The summed E-state index contributed by atoms with van der Waals surface area (Å²) in [6.45, 7) is -0.385. The van der Waals surface area contributed by atoms with Gasteiger partial charge >= 0.3 is 0 Å². The molecule has 0 unspecified atom stereocenters. The minimum Gasteiger partial charge on any atom is -0.324 e. The van der Waals surface area contributed by atoms with Crippen LogP contribution in [0.3, 0.4) is 0 Å². The van der Waals surface area contributed by atoms with Gasteiger partial charge in [0.15, 0.2) is 0 Å². The lowest BCUT2D eigenvalue weighted by atomic mass is 10.1. The largest absolute Gasteiger partial charge is 0.324 e. The Balaban J connectivity index is 1.82. The third-order valence-electron chi connectivity index (χ3n) is 3.91. The molecule has 1 N–H and O–H groups in total. The van der Waals surface area contributed by atoms with Crippen LogP contribution in [0, 0.1) is 0 Å². The number of anilines is 2. The molecule has 27 heavy (non-hydrogen) atoms. The van der Waals surface area contributed by atoms with E-state index in [0.29, 0.717) is 10.7 Å². The van der Waals surface area contributed by atoms with Gasteiger partial charge in [0.05, 0.1) is 22.0 Å². The smallest absolute Gasteiger partial charge is 0.245 e. The monoisotopic (exact) mass is 422 g/mol. The second-order valence-corrected chi connectivity index (χ2v) is 8.70. The molecule has 0 aromatic heterocycles. The molecule has 0 spiro atoms. The Morgan fingerprint density at radius 2 is 1.67 bits per heavy atom. The molecule has 0 heterocycles. The minimum atomic E-state index is -3.70. The molecule has 0 aliphatic rings. The Bertz CT molecular complexity index is 1120. The quantitative estimate of drug-likeness (QED) is 0.655. The zero-order valence-electron chi connectivity index (χ0n) is 14.3. The van der Waals surface area contributed by atoms with Gasteiger partial charge in [-0.2, -0.15) is 0 Å². The van der Waals surface area contributed by atoms with E-state index in [1.54, 1.807) is 6.07 Å². The van der Waals surface area contributed by atoms with Crippen LogP contribution in [0.2, 0.25) is 10.0 Å². The molecule has 0 bridgehead atoms. The fourth-order valence-electron chi connectivity index (χ4n) is 2.64. The third kappa shape index (κ3) is 4.71. The van der Waals surface area contributed by atoms with Crippen LogP contribution in [0.15, 0.2) is 60.7 Å². The van der Waals surface area contributed by atoms with E-state index in [9.17, 15) is 13.2 Å². The van der Waals surface area contributed by atoms with Crippen LogP contribution < -0.4 is 9.62 Å². The lowest BCUT2D eigenvalue weighted by Gasteiger charge is -2.22. The van der Waals surface area contributed by atoms with Crippen LogP contribution in [0.4, 0.5) is 11.4 Å². The van der Waals surface area contributed by atoms with E-state index < -0.39 is 15.9 Å². The molecule has 3 aromatic carbocycles. The summed E-state index contributed by atoms with van der Waals surface area (Å²) in [4.78, 5) is 12.5. The molecule has 0 fully saturated rings. The molecule has 0 saturated carbocycles. The van der Waals surface area contributed by atoms with Crippen molar-refractivity contribution in [3.8, 4) is 0 Å². The van der Waals surface area contributed by atoms with Gasteiger partial charge < -0.3 is 5.32 Å². The number of nitrogens with one attached hydrogen (secondary N) is 1. The molecule has 1 amide bonds. The predicted octanol–water partition coefficient (Wildman–Crippen LogP) is 4.55. The third-order valence-corrected chi connectivity index (χ3v) is 5.79. The van der Waals surface area contributed by atoms with Crippen molar-refractivity contribution < 1.29 is 13.2 Å². The highest BCUT2D eigenvalue weighted by Gasteiger charge is 2.21. The van der Waals surface area contributed by atoms with Crippen LogP contribution in [-0.2, 0) is 14.8 Å². The molecule has 3 rings (SSSR count). The Morgan fingerprint density at radius 1 is 0.963 bits per heavy atom. The molecule has 0 radical (unpaired) electrons. The molecule has 0 atom stereocenters. The highest BCUT2D eigenvalue weighted by Crippen LogP contribution is 2.28. The summed E-state index contributed by atoms with van der Waals surface area (Å²) in [6, 6.07) is 17.6. The van der Waals surface area contributed by atoms with Crippen molar-refractivity contribution in [2.75, 3.05) is 22.4 Å². The van der Waals surface area contributed by atoms with Crippen molar-refractivity contribution in [3.05, 3.63) is 70.7 Å². The van der Waals surface area contributed by atoms with Crippen LogP contribution in [0.1, 0.15) is 0 Å². The van der Waals surface area contributed by atoms with Crippen LogP contribution in [0.5, 0.6) is 0 Å². The number of rotatable bonds is 5. The number of nitrogens with zero attached hydrogens (tertiary/aromatic N) is 1. The minimum absolute atomic E-state index is 0.206. The number of halogens is 2. The summed E-state index contributed by atoms with van der Waals surface area (Å²) in [5, 5.41) is 5.25. The van der Waals surface area contributed by atoms with Gasteiger partial charge in [-0.3, -0.25) is 9.10 Å². The summed E-state index contributed by atoms with van der Waals surface area (Å²) < 4.78 is 25.3. The molecule has 0 saturated heterocycles. The van der Waals surface area contributed by atoms with E-state index in [1.807, 2.05) is 36.4 Å². The van der Waals surface area contributed by atoms with Gasteiger partial charge in [-0.25, -0.2) is 8.42 Å². The number of hydrogen-bond acceptors (Lipinski definition) is 3. The van der Waals surface area contributed by atoms with Gasteiger partial charge in [-0.15, -0.1) is 0 Å². The molecular weight excluding hydrogens is 407 g/mol. The lowest BCUT2D eigenvalue weighted by molar-refractivity contribution is -0.114. The van der Waals surface area contributed by atoms with E-state index in [0.717, 1.165) is 21.3 Å². The standard InChI is InChI=1S/C19H16Cl2N2O3S/c1-27(25,26)23(16-8-9-17(20)18(21)11-16)12-19(24)22-15-7-6-13-4-2-3-5-14(13)10-15/h2-11H,12H2,1H3,(H,22,24). The summed E-state index contributed by atoms with van der Waals surface area (Å²) in [5.41, 5.74) is 0.849.